The zero-order valence-corrected chi connectivity index (χ0v) is 43.3. The van der Waals surface area contributed by atoms with Crippen LogP contribution in [0.2, 0.25) is 0 Å². The molecule has 68 heavy (non-hydrogen) atoms. The van der Waals surface area contributed by atoms with Gasteiger partial charge in [-0.25, -0.2) is 4.57 Å². The molecule has 0 aliphatic heterocycles. The fourth-order valence-electron chi connectivity index (χ4n) is 6.90. The second-order valence-corrected chi connectivity index (χ2v) is 20.2. The molecule has 0 amide bonds. The molecule has 0 aromatic heterocycles. The number of phosphoric acid groups is 1. The van der Waals surface area contributed by atoms with E-state index < -0.39 is 81.1 Å². The van der Waals surface area contributed by atoms with E-state index in [4.69, 9.17) is 35.7 Å². The van der Waals surface area contributed by atoms with Gasteiger partial charge in [-0.05, 0) is 38.5 Å². The number of nitrogens with two attached hydrogens (primary N) is 2. The number of hydrogen-bond acceptors (Lipinski definition) is 13. The van der Waals surface area contributed by atoms with E-state index in [0.717, 1.165) is 50.3 Å². The number of unbranched alkanes of at least 4 members (excludes halogenated alkanes) is 21. The van der Waals surface area contributed by atoms with Gasteiger partial charge in [-0.15, -0.1) is 11.8 Å². The molecule has 0 radical (unpaired) electrons. The third kappa shape index (κ3) is 42.1. The number of carbonyl (C=O) groups is 4. The number of carboxylic acids is 2. The van der Waals surface area contributed by atoms with Crippen molar-refractivity contribution in [2.75, 3.05) is 25.6 Å². The molecule has 0 aromatic carbocycles. The Morgan fingerprint density at radius 2 is 1.15 bits per heavy atom. The highest BCUT2D eigenvalue weighted by Gasteiger charge is 2.30. The lowest BCUT2D eigenvalue weighted by Gasteiger charge is -2.23. The molecule has 0 aliphatic carbocycles. The van der Waals surface area contributed by atoms with Crippen LogP contribution in [-0.2, 0) is 42.3 Å². The largest absolute Gasteiger partial charge is 0.481 e. The molecule has 6 atom stereocenters. The van der Waals surface area contributed by atoms with Crippen LogP contribution in [0.3, 0.4) is 0 Å². The van der Waals surface area contributed by atoms with Crippen LogP contribution in [-0.4, -0.2) is 99.2 Å². The number of aliphatic carboxylic acids is 2. The molecule has 0 bridgehead atoms. The summed E-state index contributed by atoms with van der Waals surface area (Å²) in [6.07, 6.45) is 42.2. The Morgan fingerprint density at radius 3 is 1.71 bits per heavy atom. The number of thioether (sulfide) groups is 1. The second-order valence-electron chi connectivity index (χ2n) is 17.5. The standard InChI is InChI=1S/C51H91N2O13PS/c1-3-5-7-9-11-13-15-17-18-19-20-21-22-23-25-27-29-31-33-38-49(57)63-39-43(40-64-67(61,62)65-41-44(52)50(58)59)66-51(60)45(53)42-68-47(46(54)35-34-37-48(55)56)36-32-30-28-26-24-16-14-12-10-8-6-4-2/h12,14,24,26,28,30,32,36,43-47,54H,3-11,13,15-23,25,27,29,31,33-35,37-42,52-53H2,1-2H3,(H,55,56)(H,58,59)(H,61,62)/b14-12-,26-24-,30-28+,36-32+/t43-,44+,45+,46+,47-/m1/s1. The highest BCUT2D eigenvalue weighted by Crippen LogP contribution is 2.43. The lowest BCUT2D eigenvalue weighted by atomic mass is 10.0. The van der Waals surface area contributed by atoms with E-state index in [1.165, 1.54) is 109 Å². The third-order valence-electron chi connectivity index (χ3n) is 11.1. The van der Waals surface area contributed by atoms with Crippen LogP contribution < -0.4 is 11.5 Å². The Bertz CT molecular complexity index is 1460. The van der Waals surface area contributed by atoms with Crippen LogP contribution >= 0.6 is 19.6 Å². The van der Waals surface area contributed by atoms with Crippen molar-refractivity contribution >= 4 is 43.5 Å². The van der Waals surface area contributed by atoms with Crippen LogP contribution in [0.5, 0.6) is 0 Å². The molecule has 0 fully saturated rings. The normalized spacial score (nSPS) is 15.2. The quantitative estimate of drug-likeness (QED) is 0.0109. The Hall–Kier alpha value is -2.82. The van der Waals surface area contributed by atoms with Crippen molar-refractivity contribution in [2.45, 2.75) is 223 Å². The lowest BCUT2D eigenvalue weighted by molar-refractivity contribution is -0.161. The maximum atomic E-state index is 13.2. The Kier molecular flexibility index (Phi) is 43.4. The van der Waals surface area contributed by atoms with E-state index in [9.17, 15) is 33.7 Å². The Balaban J connectivity index is 5.08. The molecule has 0 rings (SSSR count). The number of allylic oxidation sites excluding steroid dienone is 7. The van der Waals surface area contributed by atoms with E-state index in [2.05, 4.69) is 30.5 Å². The van der Waals surface area contributed by atoms with E-state index in [1.54, 1.807) is 18.2 Å². The summed E-state index contributed by atoms with van der Waals surface area (Å²) >= 11 is 1.16. The highest BCUT2D eigenvalue weighted by molar-refractivity contribution is 8.00. The first-order valence-electron chi connectivity index (χ1n) is 25.6. The summed E-state index contributed by atoms with van der Waals surface area (Å²) in [6, 6.07) is -2.86. The van der Waals surface area contributed by atoms with Crippen LogP contribution in [0.4, 0.5) is 0 Å². The predicted molar refractivity (Wildman–Crippen MR) is 273 cm³/mol. The smallest absolute Gasteiger partial charge is 0.472 e. The van der Waals surface area contributed by atoms with Gasteiger partial charge in [-0.3, -0.25) is 28.2 Å². The summed E-state index contributed by atoms with van der Waals surface area (Å²) in [7, 11) is -4.88. The van der Waals surface area contributed by atoms with Crippen LogP contribution in [0.25, 0.3) is 0 Å². The maximum Gasteiger partial charge on any atom is 0.472 e. The molecule has 0 saturated heterocycles. The highest BCUT2D eigenvalue weighted by atomic mass is 32.2. The van der Waals surface area contributed by atoms with E-state index in [0.29, 0.717) is 6.42 Å². The monoisotopic (exact) mass is 1000 g/mol. The number of carboxylic acid groups (broad SMARTS) is 2. The summed E-state index contributed by atoms with van der Waals surface area (Å²) in [4.78, 5) is 58.1. The fourth-order valence-corrected chi connectivity index (χ4v) is 8.81. The zero-order chi connectivity index (χ0) is 50.5. The van der Waals surface area contributed by atoms with Gasteiger partial charge in [-0.2, -0.15) is 0 Å². The molecule has 0 spiro atoms. The second kappa shape index (κ2) is 45.3. The Labute approximate surface area is 413 Å². The van der Waals surface area contributed by atoms with Crippen molar-refractivity contribution in [1.29, 1.82) is 0 Å². The lowest BCUT2D eigenvalue weighted by Crippen LogP contribution is -2.40. The van der Waals surface area contributed by atoms with E-state index >= 15 is 0 Å². The van der Waals surface area contributed by atoms with Crippen molar-refractivity contribution in [3.05, 3.63) is 48.6 Å². The minimum atomic E-state index is -4.88. The van der Waals surface area contributed by atoms with Crippen LogP contribution in [0.1, 0.15) is 194 Å². The van der Waals surface area contributed by atoms with Crippen LogP contribution in [0.15, 0.2) is 48.6 Å². The van der Waals surface area contributed by atoms with Gasteiger partial charge in [0.1, 0.15) is 18.7 Å². The van der Waals surface area contributed by atoms with Gasteiger partial charge in [0.25, 0.3) is 0 Å². The number of esters is 2. The average molecular weight is 1000 g/mol. The molecule has 17 heteroatoms. The first-order chi connectivity index (χ1) is 32.7. The average Bonchev–Trinajstić information content (AvgIpc) is 3.30. The first kappa shape index (κ1) is 65.2. The molecule has 0 aliphatic rings. The van der Waals surface area contributed by atoms with Crippen LogP contribution in [0, 0.1) is 0 Å². The number of ether oxygens (including phenoxy) is 2. The molecule has 1 unspecified atom stereocenters. The van der Waals surface area contributed by atoms with Crippen molar-refractivity contribution in [1.82, 2.24) is 0 Å². The van der Waals surface area contributed by atoms with Gasteiger partial charge in [-0.1, -0.05) is 191 Å². The SMILES string of the molecule is CCCCC/C=C\C\C=C/C=C/C=C/[C@@H](SC[C@H](N)C(=O)O[C@H](COC(=O)CCCCCCCCCCCCCCCCCCCCC)COP(=O)(O)OC[C@H](N)C(=O)O)[C@@H](O)CCCC(=O)O. The van der Waals surface area contributed by atoms with Gasteiger partial charge in [0.2, 0.25) is 0 Å². The molecule has 394 valence electrons. The zero-order valence-electron chi connectivity index (χ0n) is 41.6. The minimum absolute atomic E-state index is 0.0422. The molecule has 0 aromatic rings. The first-order valence-corrected chi connectivity index (χ1v) is 28.1. The van der Waals surface area contributed by atoms with E-state index in [1.807, 2.05) is 18.2 Å². The summed E-state index contributed by atoms with van der Waals surface area (Å²) < 4.78 is 33.0. The van der Waals surface area contributed by atoms with Gasteiger partial charge >= 0.3 is 31.7 Å². The van der Waals surface area contributed by atoms with E-state index in [-0.39, 0.29) is 31.4 Å². The molecule has 0 heterocycles. The van der Waals surface area contributed by atoms with Gasteiger partial charge in [0, 0.05) is 23.8 Å². The topological polar surface area (TPSA) is 255 Å². The fraction of sp³-hybridized carbons (Fsp3) is 0.765. The molecule has 0 saturated carbocycles. The number of aliphatic hydroxyl groups is 1. The third-order valence-corrected chi connectivity index (χ3v) is 13.4. The summed E-state index contributed by atoms with van der Waals surface area (Å²) in [5, 5.41) is 28.4. The van der Waals surface area contributed by atoms with Crippen molar-refractivity contribution in [3.8, 4) is 0 Å². The number of rotatable bonds is 48. The maximum absolute atomic E-state index is 13.2. The number of hydrogen-bond donors (Lipinski definition) is 6. The molecule has 15 nitrogen and oxygen atoms in total. The molecule has 8 N–H and O–H groups in total. The number of carbonyl (C=O) groups excluding carboxylic acids is 2. The molecular weight excluding hydrogens is 912 g/mol. The van der Waals surface area contributed by atoms with Gasteiger partial charge < -0.3 is 41.2 Å². The minimum Gasteiger partial charge on any atom is -0.481 e. The number of aliphatic hydroxyl groups excluding tert-OH is 1. The van der Waals surface area contributed by atoms with Crippen molar-refractivity contribution < 1.29 is 62.5 Å². The van der Waals surface area contributed by atoms with Crippen molar-refractivity contribution in [2.24, 2.45) is 11.5 Å². The molecular formula is C51H91N2O13PS. The van der Waals surface area contributed by atoms with Gasteiger partial charge in [0.15, 0.2) is 6.10 Å². The number of phosphoric ester groups is 1. The summed E-state index contributed by atoms with van der Waals surface area (Å²) in [5.74, 6) is -3.99. The van der Waals surface area contributed by atoms with Crippen molar-refractivity contribution in [3.63, 3.8) is 0 Å². The predicted octanol–water partition coefficient (Wildman–Crippen LogP) is 11.0. The Morgan fingerprint density at radius 1 is 0.618 bits per heavy atom. The summed E-state index contributed by atoms with van der Waals surface area (Å²) in [5.41, 5.74) is 11.6. The van der Waals surface area contributed by atoms with Gasteiger partial charge in [0.05, 0.1) is 19.3 Å². The summed E-state index contributed by atoms with van der Waals surface area (Å²) in [6.45, 7) is 2.29.